The molecule has 4 N–H and O–H groups in total. The number of carbonyl (C=O) groups is 1. The van der Waals surface area contributed by atoms with Crippen molar-refractivity contribution in [2.75, 3.05) is 29.0 Å². The van der Waals surface area contributed by atoms with Gasteiger partial charge in [-0.2, -0.15) is 0 Å². The van der Waals surface area contributed by atoms with Crippen LogP contribution in [0.1, 0.15) is 19.4 Å². The largest absolute Gasteiger partial charge is 0.383 e. The van der Waals surface area contributed by atoms with Crippen LogP contribution in [-0.4, -0.2) is 28.5 Å². The lowest BCUT2D eigenvalue weighted by atomic mass is 10.2. The first-order chi connectivity index (χ1) is 15.7. The van der Waals surface area contributed by atoms with Crippen molar-refractivity contribution in [1.29, 1.82) is 0 Å². The monoisotopic (exact) mass is 489 g/mol. The van der Waals surface area contributed by atoms with E-state index in [0.29, 0.717) is 10.7 Å². The van der Waals surface area contributed by atoms with Crippen LogP contribution < -0.4 is 27.2 Å². The van der Waals surface area contributed by atoms with Gasteiger partial charge < -0.3 is 16.0 Å². The van der Waals surface area contributed by atoms with E-state index in [2.05, 4.69) is 10.3 Å². The zero-order valence-corrected chi connectivity index (χ0v) is 19.8. The van der Waals surface area contributed by atoms with E-state index in [4.69, 9.17) is 28.9 Å². The van der Waals surface area contributed by atoms with Crippen molar-refractivity contribution in [2.45, 2.75) is 20.4 Å². The van der Waals surface area contributed by atoms with E-state index in [1.54, 1.807) is 18.2 Å². The Bertz CT molecular complexity index is 1260. The highest BCUT2D eigenvalue weighted by atomic mass is 35.5. The van der Waals surface area contributed by atoms with Gasteiger partial charge in [0.25, 0.3) is 5.56 Å². The molecule has 0 saturated carbocycles. The van der Waals surface area contributed by atoms with Gasteiger partial charge in [-0.05, 0) is 23.6 Å². The topological polar surface area (TPSA) is 113 Å². The summed E-state index contributed by atoms with van der Waals surface area (Å²) in [6.45, 7) is 4.03. The van der Waals surface area contributed by atoms with Gasteiger partial charge >= 0.3 is 5.69 Å². The maximum Gasteiger partial charge on any atom is 0.330 e. The molecular formula is C23H25Cl2N5O3. The number of nitrogens with two attached hydrogens (primary N) is 1. The molecule has 2 aromatic carbocycles. The summed E-state index contributed by atoms with van der Waals surface area (Å²) in [4.78, 5) is 42.0. The molecular weight excluding hydrogens is 465 g/mol. The van der Waals surface area contributed by atoms with Crippen LogP contribution in [-0.2, 0) is 11.3 Å². The van der Waals surface area contributed by atoms with Gasteiger partial charge in [-0.3, -0.25) is 19.1 Å². The van der Waals surface area contributed by atoms with Gasteiger partial charge in [0, 0.05) is 6.54 Å². The molecule has 1 aromatic heterocycles. The average molecular weight is 490 g/mol. The highest BCUT2D eigenvalue weighted by Crippen LogP contribution is 2.29. The molecule has 0 bridgehead atoms. The fourth-order valence-electron chi connectivity index (χ4n) is 3.35. The lowest BCUT2D eigenvalue weighted by molar-refractivity contribution is -0.117. The lowest BCUT2D eigenvalue weighted by Gasteiger charge is -2.26. The van der Waals surface area contributed by atoms with Crippen LogP contribution in [0.15, 0.2) is 58.1 Å². The van der Waals surface area contributed by atoms with Gasteiger partial charge in [0.1, 0.15) is 5.82 Å². The summed E-state index contributed by atoms with van der Waals surface area (Å²) >= 11 is 12.2. The Morgan fingerprint density at radius 1 is 1.12 bits per heavy atom. The number of amides is 1. The number of aromatic amines is 1. The van der Waals surface area contributed by atoms with Gasteiger partial charge in [-0.1, -0.05) is 73.4 Å². The van der Waals surface area contributed by atoms with Gasteiger partial charge in [0.15, 0.2) is 5.69 Å². The number of nitrogen functional groups attached to an aromatic ring is 1. The number of carbonyl (C=O) groups excluding carboxylic acids is 1. The number of halogens is 2. The van der Waals surface area contributed by atoms with Gasteiger partial charge in [0.05, 0.1) is 28.8 Å². The van der Waals surface area contributed by atoms with Gasteiger partial charge in [-0.15, -0.1) is 0 Å². The second kappa shape index (κ2) is 10.6. The number of nitrogens with one attached hydrogen (secondary N) is 2. The summed E-state index contributed by atoms with van der Waals surface area (Å²) < 4.78 is 1.24. The number of H-pyrrole nitrogens is 1. The van der Waals surface area contributed by atoms with E-state index in [0.717, 1.165) is 5.56 Å². The normalized spacial score (nSPS) is 10.9. The molecule has 0 unspecified atom stereocenters. The zero-order chi connectivity index (χ0) is 24.1. The minimum atomic E-state index is -0.725. The molecule has 0 aliphatic heterocycles. The minimum Gasteiger partial charge on any atom is -0.383 e. The molecule has 0 aliphatic carbocycles. The highest BCUT2D eigenvalue weighted by molar-refractivity contribution is 6.43. The van der Waals surface area contributed by atoms with Crippen molar-refractivity contribution in [3.8, 4) is 0 Å². The molecule has 0 atom stereocenters. The Morgan fingerprint density at radius 3 is 2.48 bits per heavy atom. The molecule has 3 rings (SSSR count). The van der Waals surface area contributed by atoms with E-state index < -0.39 is 17.2 Å². The quantitative estimate of drug-likeness (QED) is 0.447. The SMILES string of the molecule is CC(C)CN(C(=O)CNc1cccc(Cl)c1Cl)c1c(N)n(Cc2ccccc2)c(=O)[nH]c1=O. The number of anilines is 3. The molecule has 1 amide bonds. The smallest absolute Gasteiger partial charge is 0.330 e. The first-order valence-electron chi connectivity index (χ1n) is 10.3. The number of rotatable bonds is 8. The van der Waals surface area contributed by atoms with Crippen molar-refractivity contribution in [1.82, 2.24) is 9.55 Å². The Morgan fingerprint density at radius 2 is 1.82 bits per heavy atom. The van der Waals surface area contributed by atoms with E-state index in [1.807, 2.05) is 44.2 Å². The third kappa shape index (κ3) is 5.77. The van der Waals surface area contributed by atoms with Crippen molar-refractivity contribution in [3.05, 3.63) is 85.0 Å². The summed E-state index contributed by atoms with van der Waals surface area (Å²) in [6, 6.07) is 14.2. The van der Waals surface area contributed by atoms with Crippen LogP contribution in [0.5, 0.6) is 0 Å². The number of nitrogens with zero attached hydrogens (tertiary/aromatic N) is 2. The first kappa shape index (κ1) is 24.4. The van der Waals surface area contributed by atoms with Crippen LogP contribution in [0.25, 0.3) is 0 Å². The van der Waals surface area contributed by atoms with E-state index in [9.17, 15) is 14.4 Å². The first-order valence-corrected chi connectivity index (χ1v) is 11.1. The fraction of sp³-hybridized carbons (Fsp3) is 0.261. The van der Waals surface area contributed by atoms with Crippen molar-refractivity contribution >= 4 is 46.3 Å². The molecule has 0 aliphatic rings. The molecule has 0 spiro atoms. The number of hydrogen-bond acceptors (Lipinski definition) is 5. The van der Waals surface area contributed by atoms with Crippen LogP contribution in [0.2, 0.25) is 10.0 Å². The molecule has 174 valence electrons. The molecule has 33 heavy (non-hydrogen) atoms. The van der Waals surface area contributed by atoms with E-state index in [1.165, 1.54) is 9.47 Å². The predicted octanol–water partition coefficient (Wildman–Crippen LogP) is 3.58. The maximum atomic E-state index is 13.2. The molecule has 8 nitrogen and oxygen atoms in total. The molecule has 3 aromatic rings. The molecule has 0 radical (unpaired) electrons. The third-order valence-electron chi connectivity index (χ3n) is 4.90. The summed E-state index contributed by atoms with van der Waals surface area (Å²) in [5.74, 6) is -0.471. The average Bonchev–Trinajstić information content (AvgIpc) is 2.77. The van der Waals surface area contributed by atoms with Crippen LogP contribution in [0.3, 0.4) is 0 Å². The molecule has 10 heteroatoms. The summed E-state index contributed by atoms with van der Waals surface area (Å²) in [5, 5.41) is 3.59. The molecule has 1 heterocycles. The van der Waals surface area contributed by atoms with Gasteiger partial charge in [-0.25, -0.2) is 4.79 Å². The van der Waals surface area contributed by atoms with Crippen molar-refractivity contribution in [3.63, 3.8) is 0 Å². The Hall–Kier alpha value is -3.23. The van der Waals surface area contributed by atoms with Gasteiger partial charge in [0.2, 0.25) is 5.91 Å². The number of benzene rings is 2. The number of aromatic nitrogens is 2. The Balaban J connectivity index is 1.96. The van der Waals surface area contributed by atoms with Crippen molar-refractivity contribution in [2.24, 2.45) is 5.92 Å². The second-order valence-corrected chi connectivity index (χ2v) is 8.70. The third-order valence-corrected chi connectivity index (χ3v) is 5.72. The van der Waals surface area contributed by atoms with Crippen LogP contribution in [0.4, 0.5) is 17.2 Å². The summed E-state index contributed by atoms with van der Waals surface area (Å²) in [6.07, 6.45) is 0. The highest BCUT2D eigenvalue weighted by Gasteiger charge is 2.25. The summed E-state index contributed by atoms with van der Waals surface area (Å²) in [5.41, 5.74) is 6.16. The van der Waals surface area contributed by atoms with Crippen molar-refractivity contribution < 1.29 is 4.79 Å². The maximum absolute atomic E-state index is 13.2. The van der Waals surface area contributed by atoms with E-state index >= 15 is 0 Å². The fourth-order valence-corrected chi connectivity index (χ4v) is 3.72. The summed E-state index contributed by atoms with van der Waals surface area (Å²) in [7, 11) is 0. The standard InChI is InChI=1S/C23H25Cl2N5O3/c1-14(2)12-29(18(31)11-27-17-10-6-9-16(24)19(17)25)20-21(26)30(23(33)28-22(20)32)13-15-7-4-3-5-8-15/h3-10,14,27H,11-13,26H2,1-2H3,(H,28,32,33). The van der Waals surface area contributed by atoms with Crippen LogP contribution >= 0.6 is 23.2 Å². The predicted molar refractivity (Wildman–Crippen MR) is 133 cm³/mol. The van der Waals surface area contributed by atoms with Crippen LogP contribution in [0, 0.1) is 5.92 Å². The Kier molecular flexibility index (Phi) is 7.84. The minimum absolute atomic E-state index is 0.0250. The lowest BCUT2D eigenvalue weighted by Crippen LogP contribution is -2.44. The Labute approximate surface area is 200 Å². The molecule has 0 fully saturated rings. The zero-order valence-electron chi connectivity index (χ0n) is 18.3. The molecule has 0 saturated heterocycles. The van der Waals surface area contributed by atoms with E-state index in [-0.39, 0.29) is 42.1 Å². The number of hydrogen-bond donors (Lipinski definition) is 3. The second-order valence-electron chi connectivity index (χ2n) is 7.92.